The fourth-order valence-corrected chi connectivity index (χ4v) is 13.0. The molecule has 0 N–H and O–H groups in total. The van der Waals surface area contributed by atoms with E-state index in [0.29, 0.717) is 0 Å². The quantitative estimate of drug-likeness (QED) is 0.144. The lowest BCUT2D eigenvalue weighted by Crippen LogP contribution is -2.37. The van der Waals surface area contributed by atoms with Gasteiger partial charge in [0, 0.05) is 0 Å². The summed E-state index contributed by atoms with van der Waals surface area (Å²) in [6.07, 6.45) is 0. The largest absolute Gasteiger partial charge is 0.0688 e. The zero-order valence-corrected chi connectivity index (χ0v) is 20.7. The molecule has 0 nitrogen and oxygen atoms in total. The van der Waals surface area contributed by atoms with Gasteiger partial charge in [-0.1, -0.05) is 128 Å². The smallest absolute Gasteiger partial charge is 0.0566 e. The maximum Gasteiger partial charge on any atom is 0.0566 e. The molecule has 0 fully saturated rings. The highest BCUT2D eigenvalue weighted by molar-refractivity contribution is 7.75. The second-order valence-corrected chi connectivity index (χ2v) is 17.2. The molecule has 1 atom stereocenters. The van der Waals surface area contributed by atoms with Gasteiger partial charge in [-0.05, 0) is 58.0 Å². The summed E-state index contributed by atoms with van der Waals surface area (Å²) in [5.41, 5.74) is 1.48. The first-order chi connectivity index (χ1) is 15.6. The number of hydrogen-bond acceptors (Lipinski definition) is 0. The van der Waals surface area contributed by atoms with Gasteiger partial charge in [0.05, 0.1) is 8.07 Å². The third-order valence-electron chi connectivity index (χ3n) is 6.22. The highest BCUT2D eigenvalue weighted by atomic mass is 31.1. The second kappa shape index (κ2) is 9.02. The first kappa shape index (κ1) is 21.1. The molecule has 5 aromatic carbocycles. The number of rotatable bonds is 6. The van der Waals surface area contributed by atoms with Crippen LogP contribution in [-0.4, -0.2) is 13.9 Å². The van der Waals surface area contributed by atoms with Crippen LogP contribution in [0.3, 0.4) is 0 Å². The standard InChI is InChI=1S/C30H29PSi/c1-32(2,22-24-13-5-3-6-14-24)23-31(26-16-7-4-8-17-26)30-21-25-15-9-10-18-27(25)28-19-11-12-20-29(28)30/h3-21H,22-23H2,1-2H3. The van der Waals surface area contributed by atoms with Crippen LogP contribution < -0.4 is 10.6 Å². The Labute approximate surface area is 193 Å². The summed E-state index contributed by atoms with van der Waals surface area (Å²) in [5, 5.41) is 8.55. The minimum atomic E-state index is -1.50. The van der Waals surface area contributed by atoms with Crippen LogP contribution in [0.4, 0.5) is 0 Å². The highest BCUT2D eigenvalue weighted by Gasteiger charge is 2.29. The van der Waals surface area contributed by atoms with Crippen LogP contribution in [0.1, 0.15) is 5.56 Å². The Morgan fingerprint density at radius 1 is 0.594 bits per heavy atom. The molecule has 0 aliphatic rings. The number of hydrogen-bond donors (Lipinski definition) is 0. The zero-order chi connectivity index (χ0) is 22.0. The van der Waals surface area contributed by atoms with E-state index in [-0.39, 0.29) is 0 Å². The third kappa shape index (κ3) is 4.42. The monoisotopic (exact) mass is 448 g/mol. The molecule has 0 aliphatic heterocycles. The topological polar surface area (TPSA) is 0 Å². The summed E-state index contributed by atoms with van der Waals surface area (Å²) in [6.45, 7) is 5.14. The molecule has 0 radical (unpaired) electrons. The third-order valence-corrected chi connectivity index (χ3v) is 14.1. The maximum atomic E-state index is 2.57. The van der Waals surface area contributed by atoms with Gasteiger partial charge < -0.3 is 0 Å². The summed E-state index contributed by atoms with van der Waals surface area (Å²) in [5.74, 6) is 1.30. The van der Waals surface area contributed by atoms with Crippen LogP contribution in [-0.2, 0) is 6.04 Å². The lowest BCUT2D eigenvalue weighted by Gasteiger charge is -2.30. The van der Waals surface area contributed by atoms with Gasteiger partial charge >= 0.3 is 0 Å². The molecule has 0 bridgehead atoms. The summed E-state index contributed by atoms with van der Waals surface area (Å²) in [4.78, 5) is 0. The first-order valence-corrected chi connectivity index (χ1v) is 16.3. The Kier molecular flexibility index (Phi) is 5.96. The van der Waals surface area contributed by atoms with Crippen molar-refractivity contribution < 1.29 is 0 Å². The number of benzene rings is 5. The van der Waals surface area contributed by atoms with E-state index in [2.05, 4.69) is 128 Å². The minimum Gasteiger partial charge on any atom is -0.0688 e. The van der Waals surface area contributed by atoms with Gasteiger partial charge in [-0.2, -0.15) is 0 Å². The molecule has 0 heterocycles. The maximum absolute atomic E-state index is 2.57. The van der Waals surface area contributed by atoms with Crippen LogP contribution in [0, 0.1) is 0 Å². The van der Waals surface area contributed by atoms with Gasteiger partial charge in [0.25, 0.3) is 0 Å². The van der Waals surface area contributed by atoms with E-state index in [0.717, 1.165) is 0 Å². The fraction of sp³-hybridized carbons (Fsp3) is 0.133. The second-order valence-electron chi connectivity index (χ2n) is 9.41. The lowest BCUT2D eigenvalue weighted by atomic mass is 10.0. The van der Waals surface area contributed by atoms with Crippen molar-refractivity contribution >= 4 is 48.1 Å². The summed E-state index contributed by atoms with van der Waals surface area (Å²) in [6, 6.07) is 43.9. The Morgan fingerprint density at radius 2 is 1.16 bits per heavy atom. The van der Waals surface area contributed by atoms with E-state index >= 15 is 0 Å². The van der Waals surface area contributed by atoms with Crippen molar-refractivity contribution in [2.75, 3.05) is 5.79 Å². The molecular weight excluding hydrogens is 419 g/mol. The SMILES string of the molecule is C[Si](C)(Cc1ccccc1)CP(c1ccccc1)c1cc2ccccc2c2ccccc12. The molecule has 158 valence electrons. The molecule has 1 unspecified atom stereocenters. The molecule has 0 aromatic heterocycles. The minimum absolute atomic E-state index is 0.446. The normalized spacial score (nSPS) is 12.8. The van der Waals surface area contributed by atoms with Crippen molar-refractivity contribution in [2.24, 2.45) is 0 Å². The van der Waals surface area contributed by atoms with Gasteiger partial charge in [-0.3, -0.25) is 0 Å². The van der Waals surface area contributed by atoms with E-state index in [9.17, 15) is 0 Å². The van der Waals surface area contributed by atoms with Gasteiger partial charge in [0.15, 0.2) is 0 Å². The van der Waals surface area contributed by atoms with Gasteiger partial charge in [0.2, 0.25) is 0 Å². The summed E-state index contributed by atoms with van der Waals surface area (Å²) in [7, 11) is -1.95. The lowest BCUT2D eigenvalue weighted by molar-refractivity contribution is 1.30. The van der Waals surface area contributed by atoms with Crippen molar-refractivity contribution in [1.82, 2.24) is 0 Å². The average molecular weight is 449 g/mol. The molecule has 0 saturated carbocycles. The Hall–Kier alpha value is -2.73. The molecular formula is C30H29PSi. The van der Waals surface area contributed by atoms with Gasteiger partial charge in [-0.15, -0.1) is 0 Å². The molecule has 32 heavy (non-hydrogen) atoms. The molecule has 2 heteroatoms. The molecule has 5 rings (SSSR count). The summed E-state index contributed by atoms with van der Waals surface area (Å²) >= 11 is 0. The molecule has 0 saturated heterocycles. The van der Waals surface area contributed by atoms with Crippen LogP contribution in [0.25, 0.3) is 21.5 Å². The van der Waals surface area contributed by atoms with Crippen LogP contribution >= 0.6 is 7.92 Å². The first-order valence-electron chi connectivity index (χ1n) is 11.4. The van der Waals surface area contributed by atoms with Gasteiger partial charge in [-0.25, -0.2) is 0 Å². The Bertz CT molecular complexity index is 1340. The van der Waals surface area contributed by atoms with E-state index in [1.54, 1.807) is 0 Å². The molecule has 5 aromatic rings. The zero-order valence-electron chi connectivity index (χ0n) is 18.8. The van der Waals surface area contributed by atoms with Gasteiger partial charge in [0.1, 0.15) is 0 Å². The predicted octanol–water partition coefficient (Wildman–Crippen LogP) is 7.46. The Morgan fingerprint density at radius 3 is 1.88 bits per heavy atom. The van der Waals surface area contributed by atoms with Crippen molar-refractivity contribution in [1.29, 1.82) is 0 Å². The molecule has 0 spiro atoms. The predicted molar refractivity (Wildman–Crippen MR) is 147 cm³/mol. The van der Waals surface area contributed by atoms with Crippen molar-refractivity contribution in [3.63, 3.8) is 0 Å². The molecule has 0 amide bonds. The van der Waals surface area contributed by atoms with Crippen LogP contribution in [0.2, 0.25) is 13.1 Å². The van der Waals surface area contributed by atoms with E-state index in [4.69, 9.17) is 0 Å². The number of fused-ring (bicyclic) bond motifs is 3. The highest BCUT2D eigenvalue weighted by Crippen LogP contribution is 2.41. The van der Waals surface area contributed by atoms with Crippen molar-refractivity contribution in [3.05, 3.63) is 121 Å². The van der Waals surface area contributed by atoms with Crippen LogP contribution in [0.5, 0.6) is 0 Å². The van der Waals surface area contributed by atoms with E-state index < -0.39 is 16.0 Å². The average Bonchev–Trinajstić information content (AvgIpc) is 2.83. The van der Waals surface area contributed by atoms with Crippen molar-refractivity contribution in [3.8, 4) is 0 Å². The van der Waals surface area contributed by atoms with E-state index in [1.165, 1.54) is 49.5 Å². The van der Waals surface area contributed by atoms with Crippen molar-refractivity contribution in [2.45, 2.75) is 19.1 Å². The summed E-state index contributed by atoms with van der Waals surface area (Å²) < 4.78 is 0. The van der Waals surface area contributed by atoms with E-state index in [1.807, 2.05) is 0 Å². The molecule has 0 aliphatic carbocycles. The van der Waals surface area contributed by atoms with Crippen LogP contribution in [0.15, 0.2) is 115 Å². The fourth-order valence-electron chi connectivity index (χ4n) is 4.81. The Balaban J connectivity index is 1.65.